The smallest absolute Gasteiger partial charge is 0.407 e. The molecule has 4 fully saturated rings. The van der Waals surface area contributed by atoms with Gasteiger partial charge < -0.3 is 59.2 Å². The molecular formula is C43H52N8O10. The highest BCUT2D eigenvalue weighted by atomic mass is 16.7. The van der Waals surface area contributed by atoms with Crippen molar-refractivity contribution in [2.75, 3.05) is 46.6 Å². The van der Waals surface area contributed by atoms with Gasteiger partial charge in [0.1, 0.15) is 23.7 Å². The van der Waals surface area contributed by atoms with Gasteiger partial charge in [-0.25, -0.2) is 19.6 Å². The molecule has 4 amide bonds. The van der Waals surface area contributed by atoms with E-state index in [1.165, 1.54) is 7.11 Å². The maximum absolute atomic E-state index is 14.0. The zero-order chi connectivity index (χ0) is 43.1. The normalized spacial score (nSPS) is 21.4. The molecule has 0 saturated carbocycles. The van der Waals surface area contributed by atoms with Gasteiger partial charge in [-0.1, -0.05) is 76.2 Å². The van der Waals surface area contributed by atoms with E-state index in [0.717, 1.165) is 33.6 Å². The lowest BCUT2D eigenvalue weighted by Crippen LogP contribution is -2.52. The fourth-order valence-corrected chi connectivity index (χ4v) is 8.74. The molecule has 2 aromatic heterocycles. The van der Waals surface area contributed by atoms with Gasteiger partial charge in [0.2, 0.25) is 11.8 Å². The molecule has 4 aliphatic rings. The van der Waals surface area contributed by atoms with Crippen LogP contribution in [-0.2, 0) is 33.3 Å². The summed E-state index contributed by atoms with van der Waals surface area (Å²) in [5.74, 6) is -1.89. The Labute approximate surface area is 352 Å². The van der Waals surface area contributed by atoms with Crippen molar-refractivity contribution in [3.63, 3.8) is 0 Å². The molecule has 0 aliphatic carbocycles. The molecule has 0 unspecified atom stereocenters. The lowest BCUT2D eigenvalue weighted by atomic mass is 10.0. The summed E-state index contributed by atoms with van der Waals surface area (Å²) in [6.45, 7) is 9.35. The number of likely N-dealkylation sites (tertiary alicyclic amines) is 2. The van der Waals surface area contributed by atoms with Crippen molar-refractivity contribution in [3.05, 3.63) is 72.6 Å². The number of nitrogens with one attached hydrogen (secondary N) is 4. The predicted molar refractivity (Wildman–Crippen MR) is 218 cm³/mol. The number of aromatic nitrogens is 4. The van der Waals surface area contributed by atoms with E-state index in [0.29, 0.717) is 50.9 Å². The van der Waals surface area contributed by atoms with Crippen LogP contribution < -0.4 is 10.6 Å². The number of hydrogen-bond acceptors (Lipinski definition) is 11. The molecule has 6 heterocycles. The quantitative estimate of drug-likeness (QED) is 0.137. The Morgan fingerprint density at radius 3 is 1.41 bits per heavy atom. The molecule has 0 bridgehead atoms. The van der Waals surface area contributed by atoms with Gasteiger partial charge in [-0.05, 0) is 34.1 Å². The van der Waals surface area contributed by atoms with E-state index in [9.17, 15) is 24.3 Å². The monoisotopic (exact) mass is 840 g/mol. The summed E-state index contributed by atoms with van der Waals surface area (Å²) in [6, 6.07) is 13.4. The number of carbonyl (C=O) groups is 4. The van der Waals surface area contributed by atoms with Gasteiger partial charge in [0.25, 0.3) is 0 Å². The van der Waals surface area contributed by atoms with Crippen LogP contribution in [0.25, 0.3) is 33.6 Å². The second kappa shape index (κ2) is 16.9. The van der Waals surface area contributed by atoms with E-state index in [2.05, 4.69) is 25.6 Å². The average Bonchev–Trinajstić information content (AvgIpc) is 4.12. The van der Waals surface area contributed by atoms with Gasteiger partial charge in [-0.3, -0.25) is 9.59 Å². The van der Waals surface area contributed by atoms with Gasteiger partial charge in [0, 0.05) is 12.8 Å². The van der Waals surface area contributed by atoms with E-state index in [4.69, 9.17) is 28.7 Å². The second-order valence-corrected chi connectivity index (χ2v) is 16.6. The molecule has 61 heavy (non-hydrogen) atoms. The number of alkyl carbamates (subject to hydrolysis) is 1. The van der Waals surface area contributed by atoms with E-state index >= 15 is 0 Å². The highest BCUT2D eigenvalue weighted by Gasteiger charge is 2.54. The minimum atomic E-state index is -1.27. The largest absolute Gasteiger partial charge is 0.465 e. The van der Waals surface area contributed by atoms with Crippen LogP contribution in [0.1, 0.15) is 64.3 Å². The first-order valence-corrected chi connectivity index (χ1v) is 20.6. The second-order valence-electron chi connectivity index (χ2n) is 16.6. The van der Waals surface area contributed by atoms with E-state index < -0.39 is 47.9 Å². The van der Waals surface area contributed by atoms with Crippen LogP contribution in [0.5, 0.6) is 0 Å². The number of aromatic amines is 2. The Kier molecular flexibility index (Phi) is 11.6. The summed E-state index contributed by atoms with van der Waals surface area (Å²) in [5, 5.41) is 14.5. The Bertz CT molecular complexity index is 2230. The first-order chi connectivity index (χ1) is 29.3. The fourth-order valence-electron chi connectivity index (χ4n) is 8.74. The molecule has 0 radical (unpaired) electrons. The third-order valence-corrected chi connectivity index (χ3v) is 11.9. The summed E-state index contributed by atoms with van der Waals surface area (Å²) < 4.78 is 28.8. The molecule has 4 aliphatic heterocycles. The Morgan fingerprint density at radius 1 is 0.672 bits per heavy atom. The maximum atomic E-state index is 14.0. The molecule has 4 aromatic rings. The third-order valence-electron chi connectivity index (χ3n) is 11.9. The average molecular weight is 841 g/mol. The number of hydrogen-bond donors (Lipinski definition) is 5. The molecule has 5 N–H and O–H groups in total. The summed E-state index contributed by atoms with van der Waals surface area (Å²) >= 11 is 0. The maximum Gasteiger partial charge on any atom is 0.407 e. The minimum Gasteiger partial charge on any atom is -0.465 e. The van der Waals surface area contributed by atoms with Crippen LogP contribution >= 0.6 is 0 Å². The van der Waals surface area contributed by atoms with Crippen LogP contribution in [-0.4, -0.2) is 129 Å². The summed E-state index contributed by atoms with van der Waals surface area (Å²) in [5.41, 5.74) is 5.34. The van der Waals surface area contributed by atoms with Crippen LogP contribution in [0.15, 0.2) is 60.9 Å². The number of ether oxygens (including phenoxy) is 5. The predicted octanol–water partition coefficient (Wildman–Crippen LogP) is 4.84. The molecular weight excluding hydrogens is 789 g/mol. The minimum absolute atomic E-state index is 0.161. The van der Waals surface area contributed by atoms with Gasteiger partial charge in [0.15, 0.2) is 11.6 Å². The number of imidazole rings is 2. The van der Waals surface area contributed by atoms with Crippen LogP contribution in [0.3, 0.4) is 0 Å². The van der Waals surface area contributed by atoms with Gasteiger partial charge in [0.05, 0.1) is 82.5 Å². The number of rotatable bonds is 11. The van der Waals surface area contributed by atoms with Crippen molar-refractivity contribution in [2.45, 2.75) is 76.3 Å². The number of carbonyl (C=O) groups excluding carboxylic acids is 3. The Morgan fingerprint density at radius 2 is 1.05 bits per heavy atom. The lowest BCUT2D eigenvalue weighted by Gasteiger charge is -2.30. The van der Waals surface area contributed by atoms with Crippen molar-refractivity contribution < 1.29 is 48.0 Å². The van der Waals surface area contributed by atoms with Crippen molar-refractivity contribution in [1.29, 1.82) is 0 Å². The van der Waals surface area contributed by atoms with Crippen LogP contribution in [0.2, 0.25) is 0 Å². The molecule has 4 atom stereocenters. The number of benzene rings is 2. The molecule has 324 valence electrons. The number of H-pyrrole nitrogens is 2. The topological polar surface area (TPSA) is 223 Å². The van der Waals surface area contributed by atoms with E-state index in [1.807, 2.05) is 62.4 Å². The molecule has 2 spiro atoms. The molecule has 8 rings (SSSR count). The SMILES string of the molecule is COC(=O)N[C@H](C(=O)N1CC2(C[C@H]1c1ncc(-c3ccc(-c4ccc(-c5cnc([C@@H]6CC7(CN6C(=O)[C@@H](NC(=O)O)C(C)C)OCCO7)[nH]5)cc4)cc3)[nH]1)OCCO2)C(C)C. The standard InChI is InChI=1S/C43H52N8O10/c1-24(2)34(48-40(54)55)38(52)50-22-42(58-14-15-59-42)18-32(50)36-44-20-30(46-36)28-10-6-26(7-11-28)27-8-12-29(13-9-27)31-21-45-37(47-31)33-19-43(60-16-17-61-43)23-51(33)39(53)35(25(3)4)49-41(56)57-5/h6-13,20-21,24-25,32-35,48H,14-19,22-23H2,1-5H3,(H,44,46)(H,45,47)(H,49,56)(H,54,55)/t32-,33-,34-,35-/m0/s1. The molecule has 4 saturated heterocycles. The van der Waals surface area contributed by atoms with Crippen molar-refractivity contribution in [2.24, 2.45) is 11.8 Å². The van der Waals surface area contributed by atoms with Crippen LogP contribution in [0, 0.1) is 11.8 Å². The highest BCUT2D eigenvalue weighted by molar-refractivity contribution is 5.87. The number of nitrogens with zero attached hydrogens (tertiary/aromatic N) is 4. The molecule has 18 heteroatoms. The Balaban J connectivity index is 0.966. The van der Waals surface area contributed by atoms with Gasteiger partial charge >= 0.3 is 12.2 Å². The molecule has 2 aromatic carbocycles. The first kappa shape index (κ1) is 41.9. The number of methoxy groups -OCH3 is 1. The van der Waals surface area contributed by atoms with Gasteiger partial charge in [-0.2, -0.15) is 0 Å². The summed E-state index contributed by atoms with van der Waals surface area (Å²) in [7, 11) is 1.26. The fraction of sp³-hybridized carbons (Fsp3) is 0.488. The lowest BCUT2D eigenvalue weighted by molar-refractivity contribution is -0.153. The number of amides is 4. The summed E-state index contributed by atoms with van der Waals surface area (Å²) in [4.78, 5) is 71.0. The number of carboxylic acid groups (broad SMARTS) is 1. The molecule has 18 nitrogen and oxygen atoms in total. The zero-order valence-electron chi connectivity index (χ0n) is 34.8. The third kappa shape index (κ3) is 8.44. The van der Waals surface area contributed by atoms with Crippen molar-refractivity contribution in [1.82, 2.24) is 40.4 Å². The van der Waals surface area contributed by atoms with Gasteiger partial charge in [-0.15, -0.1) is 0 Å². The van der Waals surface area contributed by atoms with E-state index in [1.54, 1.807) is 36.0 Å². The Hall–Kier alpha value is -5.82. The first-order valence-electron chi connectivity index (χ1n) is 20.6. The zero-order valence-corrected chi connectivity index (χ0v) is 34.8. The van der Waals surface area contributed by atoms with Crippen molar-refractivity contribution >= 4 is 24.0 Å². The highest BCUT2D eigenvalue weighted by Crippen LogP contribution is 2.44. The van der Waals surface area contributed by atoms with E-state index in [-0.39, 0.29) is 36.7 Å². The summed E-state index contributed by atoms with van der Waals surface area (Å²) in [6.07, 6.45) is 2.27. The van der Waals surface area contributed by atoms with Crippen LogP contribution in [0.4, 0.5) is 9.59 Å². The van der Waals surface area contributed by atoms with Crippen molar-refractivity contribution in [3.8, 4) is 33.6 Å².